The van der Waals surface area contributed by atoms with Crippen molar-refractivity contribution in [3.8, 4) is 11.5 Å². The molecule has 2 saturated heterocycles. The van der Waals surface area contributed by atoms with Gasteiger partial charge in [0.25, 0.3) is 5.91 Å². The Kier molecular flexibility index (Phi) is 5.74. The zero-order valence-electron chi connectivity index (χ0n) is 19.3. The van der Waals surface area contributed by atoms with E-state index >= 15 is 0 Å². The van der Waals surface area contributed by atoms with E-state index in [-0.39, 0.29) is 24.1 Å². The van der Waals surface area contributed by atoms with E-state index in [1.807, 2.05) is 61.5 Å². The molecule has 3 amide bonds. The van der Waals surface area contributed by atoms with Crippen LogP contribution in [0.3, 0.4) is 0 Å². The average molecular weight is 450 g/mol. The maximum Gasteiger partial charge on any atom is 0.327 e. The summed E-state index contributed by atoms with van der Waals surface area (Å²) in [6.45, 7) is 4.75. The molecule has 3 unspecified atom stereocenters. The first kappa shape index (κ1) is 21.8. The second-order valence-electron chi connectivity index (χ2n) is 9.15. The smallest absolute Gasteiger partial charge is 0.327 e. The Hall–Kier alpha value is -3.06. The van der Waals surface area contributed by atoms with Crippen LogP contribution in [0.25, 0.3) is 0 Å². The molecule has 0 aromatic heterocycles. The van der Waals surface area contributed by atoms with Crippen molar-refractivity contribution >= 4 is 11.9 Å². The zero-order chi connectivity index (χ0) is 23.0. The first-order valence-corrected chi connectivity index (χ1v) is 11.8. The molecule has 2 aromatic carbocycles. The van der Waals surface area contributed by atoms with Crippen LogP contribution in [-0.2, 0) is 10.3 Å². The number of amides is 3. The minimum atomic E-state index is -0.940. The summed E-state index contributed by atoms with van der Waals surface area (Å²) in [4.78, 5) is 32.6. The van der Waals surface area contributed by atoms with Gasteiger partial charge in [-0.3, -0.25) is 14.6 Å². The van der Waals surface area contributed by atoms with Crippen LogP contribution >= 0.6 is 0 Å². The molecule has 3 aliphatic heterocycles. The van der Waals surface area contributed by atoms with Crippen LogP contribution in [0.2, 0.25) is 0 Å². The Morgan fingerprint density at radius 3 is 2.52 bits per heavy atom. The molecule has 2 fully saturated rings. The molecule has 5 rings (SSSR count). The predicted octanol–water partition coefficient (Wildman–Crippen LogP) is 3.49. The van der Waals surface area contributed by atoms with E-state index in [1.54, 1.807) is 11.9 Å². The van der Waals surface area contributed by atoms with Crippen molar-refractivity contribution in [1.29, 1.82) is 0 Å². The summed E-state index contributed by atoms with van der Waals surface area (Å²) >= 11 is 0. The van der Waals surface area contributed by atoms with Gasteiger partial charge in [-0.15, -0.1) is 0 Å². The number of imide groups is 1. The quantitative estimate of drug-likeness (QED) is 0.654. The third kappa shape index (κ3) is 3.64. The van der Waals surface area contributed by atoms with Gasteiger partial charge in [0.1, 0.15) is 18.2 Å². The van der Waals surface area contributed by atoms with Crippen molar-refractivity contribution in [3.63, 3.8) is 0 Å². The van der Waals surface area contributed by atoms with E-state index in [0.717, 1.165) is 36.4 Å². The molecule has 3 atom stereocenters. The number of hydrogen-bond donors (Lipinski definition) is 0. The monoisotopic (exact) mass is 449 g/mol. The molecule has 2 aromatic rings. The Morgan fingerprint density at radius 2 is 1.76 bits per heavy atom. The summed E-state index contributed by atoms with van der Waals surface area (Å²) in [6, 6.07) is 17.0. The molecule has 0 bridgehead atoms. The molecule has 0 aliphatic carbocycles. The lowest BCUT2D eigenvalue weighted by Crippen LogP contribution is -2.53. The van der Waals surface area contributed by atoms with E-state index in [1.165, 1.54) is 4.90 Å². The van der Waals surface area contributed by atoms with Gasteiger partial charge < -0.3 is 14.4 Å². The van der Waals surface area contributed by atoms with Gasteiger partial charge in [0.15, 0.2) is 11.5 Å². The number of urea groups is 1. The number of carbonyl (C=O) groups excluding carboxylic acids is 2. The normalized spacial score (nSPS) is 27.8. The fourth-order valence-electron chi connectivity index (χ4n) is 5.55. The number of piperidine rings is 1. The Balaban J connectivity index is 1.31. The minimum Gasteiger partial charge on any atom is -0.486 e. The standard InChI is InChI=1S/C26H31N3O4/c1-3-26(19-10-5-4-6-11-19)24(30)29(25(31)27(26)2)20-12-9-15-28(16-20)17-21-18-32-22-13-7-8-14-23(22)33-21/h4-8,10-11,13-14,20-21H,3,9,12,15-18H2,1-2H3. The highest BCUT2D eigenvalue weighted by molar-refractivity contribution is 6.07. The Labute approximate surface area is 194 Å². The zero-order valence-corrected chi connectivity index (χ0v) is 19.3. The van der Waals surface area contributed by atoms with E-state index < -0.39 is 5.54 Å². The highest BCUT2D eigenvalue weighted by Gasteiger charge is 2.57. The number of fused-ring (bicyclic) bond motifs is 1. The van der Waals surface area contributed by atoms with Crippen LogP contribution in [0, 0.1) is 0 Å². The van der Waals surface area contributed by atoms with Crippen molar-refractivity contribution in [2.24, 2.45) is 0 Å². The number of rotatable bonds is 5. The molecule has 0 N–H and O–H groups in total. The highest BCUT2D eigenvalue weighted by atomic mass is 16.6. The average Bonchev–Trinajstić information content (AvgIpc) is 3.05. The molecule has 0 spiro atoms. The van der Waals surface area contributed by atoms with Gasteiger partial charge in [-0.25, -0.2) is 4.79 Å². The van der Waals surface area contributed by atoms with Crippen molar-refractivity contribution < 1.29 is 19.1 Å². The van der Waals surface area contributed by atoms with Crippen LogP contribution in [0.5, 0.6) is 11.5 Å². The van der Waals surface area contributed by atoms with Gasteiger partial charge in [0.2, 0.25) is 0 Å². The van der Waals surface area contributed by atoms with Gasteiger partial charge in [0.05, 0.1) is 6.04 Å². The van der Waals surface area contributed by atoms with Crippen molar-refractivity contribution in [1.82, 2.24) is 14.7 Å². The van der Waals surface area contributed by atoms with Gasteiger partial charge in [-0.2, -0.15) is 0 Å². The lowest BCUT2D eigenvalue weighted by molar-refractivity contribution is -0.136. The van der Waals surface area contributed by atoms with E-state index in [9.17, 15) is 9.59 Å². The molecule has 7 heteroatoms. The molecule has 7 nitrogen and oxygen atoms in total. The summed E-state index contributed by atoms with van der Waals surface area (Å²) < 4.78 is 12.0. The molecule has 0 saturated carbocycles. The molecular weight excluding hydrogens is 418 g/mol. The molecular formula is C26H31N3O4. The largest absolute Gasteiger partial charge is 0.486 e. The number of likely N-dealkylation sites (N-methyl/N-ethyl adjacent to an activating group) is 1. The first-order chi connectivity index (χ1) is 16.0. The number of nitrogens with zero attached hydrogens (tertiary/aromatic N) is 3. The maximum atomic E-state index is 13.8. The van der Waals surface area contributed by atoms with Crippen molar-refractivity contribution in [2.45, 2.75) is 43.9 Å². The topological polar surface area (TPSA) is 62.3 Å². The van der Waals surface area contributed by atoms with Gasteiger partial charge in [0, 0.05) is 20.1 Å². The van der Waals surface area contributed by atoms with Crippen LogP contribution in [-0.4, -0.2) is 72.1 Å². The number of hydrogen-bond acceptors (Lipinski definition) is 5. The molecule has 33 heavy (non-hydrogen) atoms. The van der Waals surface area contributed by atoms with E-state index in [0.29, 0.717) is 26.1 Å². The third-order valence-electron chi connectivity index (χ3n) is 7.28. The van der Waals surface area contributed by atoms with Gasteiger partial charge >= 0.3 is 6.03 Å². The molecule has 174 valence electrons. The number of benzene rings is 2. The first-order valence-electron chi connectivity index (χ1n) is 11.8. The number of para-hydroxylation sites is 2. The maximum absolute atomic E-state index is 13.8. The van der Waals surface area contributed by atoms with Crippen LogP contribution in [0.1, 0.15) is 31.7 Å². The fourth-order valence-corrected chi connectivity index (χ4v) is 5.55. The highest BCUT2D eigenvalue weighted by Crippen LogP contribution is 2.41. The fraction of sp³-hybridized carbons (Fsp3) is 0.462. The number of likely N-dealkylation sites (tertiary alicyclic amines) is 1. The molecule has 3 aliphatic rings. The summed E-state index contributed by atoms with van der Waals surface area (Å²) in [6.07, 6.45) is 2.21. The minimum absolute atomic E-state index is 0.0784. The lowest BCUT2D eigenvalue weighted by atomic mass is 9.85. The third-order valence-corrected chi connectivity index (χ3v) is 7.28. The number of carbonyl (C=O) groups is 2. The van der Waals surface area contributed by atoms with Crippen LogP contribution in [0.15, 0.2) is 54.6 Å². The summed E-state index contributed by atoms with van der Waals surface area (Å²) in [5, 5.41) is 0. The Bertz CT molecular complexity index is 1030. The van der Waals surface area contributed by atoms with Crippen LogP contribution in [0.4, 0.5) is 4.79 Å². The van der Waals surface area contributed by atoms with Gasteiger partial charge in [-0.05, 0) is 43.5 Å². The second kappa shape index (κ2) is 8.71. The summed E-state index contributed by atoms with van der Waals surface area (Å²) in [5.41, 5.74) is -0.0695. The predicted molar refractivity (Wildman–Crippen MR) is 124 cm³/mol. The SMILES string of the molecule is CCC1(c2ccccc2)C(=O)N(C2CCCN(CC3COc4ccccc4O3)C2)C(=O)N1C. The van der Waals surface area contributed by atoms with Crippen LogP contribution < -0.4 is 9.47 Å². The number of ether oxygens (including phenoxy) is 2. The van der Waals surface area contributed by atoms with E-state index in [2.05, 4.69) is 4.90 Å². The van der Waals surface area contributed by atoms with Crippen molar-refractivity contribution in [2.75, 3.05) is 33.3 Å². The summed E-state index contributed by atoms with van der Waals surface area (Å²) in [5.74, 6) is 1.43. The Morgan fingerprint density at radius 1 is 1.03 bits per heavy atom. The second-order valence-corrected chi connectivity index (χ2v) is 9.15. The van der Waals surface area contributed by atoms with Gasteiger partial charge in [-0.1, -0.05) is 49.4 Å². The molecule has 3 heterocycles. The molecule has 0 radical (unpaired) electrons. The lowest BCUT2D eigenvalue weighted by Gasteiger charge is -2.38. The van der Waals surface area contributed by atoms with E-state index in [4.69, 9.17) is 9.47 Å². The van der Waals surface area contributed by atoms with Crippen molar-refractivity contribution in [3.05, 3.63) is 60.2 Å². The summed E-state index contributed by atoms with van der Waals surface area (Å²) in [7, 11) is 1.75.